The Hall–Kier alpha value is -2.61. The smallest absolute Gasteiger partial charge is 0.265 e. The van der Waals surface area contributed by atoms with Crippen LogP contribution in [0, 0.1) is 17.5 Å². The Morgan fingerprint density at radius 3 is 2.46 bits per heavy atom. The number of pyridine rings is 1. The van der Waals surface area contributed by atoms with Crippen molar-refractivity contribution in [3.8, 4) is 5.88 Å². The van der Waals surface area contributed by atoms with Gasteiger partial charge in [-0.1, -0.05) is 6.07 Å². The number of anilines is 1. The van der Waals surface area contributed by atoms with Crippen molar-refractivity contribution in [3.63, 3.8) is 0 Å². The zero-order valence-electron chi connectivity index (χ0n) is 15.8. The van der Waals surface area contributed by atoms with Crippen molar-refractivity contribution in [3.05, 3.63) is 53.3 Å². The van der Waals surface area contributed by atoms with E-state index >= 15 is 0 Å². The average Bonchev–Trinajstić information content (AvgIpc) is 2.64. The van der Waals surface area contributed by atoms with Gasteiger partial charge in [-0.05, 0) is 32.9 Å². The highest BCUT2D eigenvalue weighted by Crippen LogP contribution is 2.23. The van der Waals surface area contributed by atoms with Crippen LogP contribution in [0.3, 0.4) is 0 Å². The Kier molecular flexibility index (Phi) is 6.18. The molecular formula is C20H22F3N3O2. The van der Waals surface area contributed by atoms with Crippen molar-refractivity contribution in [1.82, 2.24) is 9.88 Å². The minimum Gasteiger partial charge on any atom is -0.474 e. The van der Waals surface area contributed by atoms with E-state index in [1.54, 1.807) is 25.1 Å². The van der Waals surface area contributed by atoms with Crippen molar-refractivity contribution in [2.45, 2.75) is 25.9 Å². The molecule has 5 nitrogen and oxygen atoms in total. The lowest BCUT2D eigenvalue weighted by molar-refractivity contribution is 0.0978. The maximum Gasteiger partial charge on any atom is 0.265 e. The van der Waals surface area contributed by atoms with Gasteiger partial charge in [-0.25, -0.2) is 13.2 Å². The van der Waals surface area contributed by atoms with Gasteiger partial charge in [-0.2, -0.15) is 4.98 Å². The van der Waals surface area contributed by atoms with Gasteiger partial charge in [-0.3, -0.25) is 9.69 Å². The lowest BCUT2D eigenvalue weighted by Gasteiger charge is -2.29. The summed E-state index contributed by atoms with van der Waals surface area (Å²) in [5.74, 6) is -3.96. The summed E-state index contributed by atoms with van der Waals surface area (Å²) in [4.78, 5) is 20.4. The number of likely N-dealkylation sites (tertiary alicyclic amines) is 1. The van der Waals surface area contributed by atoms with E-state index < -0.39 is 28.9 Å². The molecule has 0 radical (unpaired) electrons. The first-order chi connectivity index (χ1) is 13.4. The molecule has 2 heterocycles. The Labute approximate surface area is 161 Å². The molecule has 2 aromatic rings. The Bertz CT molecular complexity index is 831. The number of hydrogen-bond acceptors (Lipinski definition) is 4. The van der Waals surface area contributed by atoms with Crippen LogP contribution < -0.4 is 9.64 Å². The van der Waals surface area contributed by atoms with Crippen LogP contribution in [-0.4, -0.2) is 48.6 Å². The predicted molar refractivity (Wildman–Crippen MR) is 99.1 cm³/mol. The second kappa shape index (κ2) is 8.60. The summed E-state index contributed by atoms with van der Waals surface area (Å²) >= 11 is 0. The second-order valence-corrected chi connectivity index (χ2v) is 6.75. The summed E-state index contributed by atoms with van der Waals surface area (Å²) in [7, 11) is 2.05. The zero-order valence-corrected chi connectivity index (χ0v) is 15.8. The van der Waals surface area contributed by atoms with Gasteiger partial charge >= 0.3 is 0 Å². The Balaban J connectivity index is 1.82. The van der Waals surface area contributed by atoms with E-state index in [4.69, 9.17) is 4.74 Å². The fourth-order valence-electron chi connectivity index (χ4n) is 3.18. The van der Waals surface area contributed by atoms with Crippen LogP contribution >= 0.6 is 0 Å². The molecule has 1 aromatic carbocycles. The number of ether oxygens (including phenoxy) is 1. The van der Waals surface area contributed by atoms with E-state index in [1.165, 1.54) is 0 Å². The number of carbonyl (C=O) groups is 1. The molecule has 0 unspecified atom stereocenters. The van der Waals surface area contributed by atoms with E-state index in [9.17, 15) is 18.0 Å². The molecule has 1 saturated heterocycles. The summed E-state index contributed by atoms with van der Waals surface area (Å²) in [5, 5.41) is 0. The highest BCUT2D eigenvalue weighted by Gasteiger charge is 2.26. The molecular weight excluding hydrogens is 371 g/mol. The quantitative estimate of drug-likeness (QED) is 0.778. The van der Waals surface area contributed by atoms with Crippen LogP contribution in [0.1, 0.15) is 30.1 Å². The number of halogens is 3. The monoisotopic (exact) mass is 393 g/mol. The molecule has 0 aliphatic carbocycles. The number of aromatic nitrogens is 1. The number of carbonyl (C=O) groups excluding carboxylic acids is 1. The summed E-state index contributed by atoms with van der Waals surface area (Å²) in [6, 6.07) is 5.87. The molecule has 1 aliphatic rings. The molecule has 8 heteroatoms. The molecule has 28 heavy (non-hydrogen) atoms. The first-order valence-corrected chi connectivity index (χ1v) is 9.17. The van der Waals surface area contributed by atoms with Gasteiger partial charge in [0.05, 0.1) is 0 Å². The molecule has 150 valence electrons. The van der Waals surface area contributed by atoms with Gasteiger partial charge in [0.2, 0.25) is 5.88 Å². The van der Waals surface area contributed by atoms with E-state index in [-0.39, 0.29) is 18.5 Å². The standard InChI is InChI=1S/C20H22F3N3O2/c1-3-26(20(27)19-15(22)11-13(21)12-16(19)23)17-5-4-6-18(24-17)28-14-7-9-25(2)10-8-14/h4-6,11-12,14H,3,7-10H2,1-2H3. The molecule has 0 bridgehead atoms. The van der Waals surface area contributed by atoms with E-state index in [2.05, 4.69) is 9.88 Å². The topological polar surface area (TPSA) is 45.7 Å². The van der Waals surface area contributed by atoms with Crippen LogP contribution in [0.5, 0.6) is 5.88 Å². The molecule has 0 atom stereocenters. The first-order valence-electron chi connectivity index (χ1n) is 9.17. The summed E-state index contributed by atoms with van der Waals surface area (Å²) in [6.07, 6.45) is 1.76. The fourth-order valence-corrected chi connectivity index (χ4v) is 3.18. The normalized spacial score (nSPS) is 15.5. The highest BCUT2D eigenvalue weighted by atomic mass is 19.1. The second-order valence-electron chi connectivity index (χ2n) is 6.75. The average molecular weight is 393 g/mol. The van der Waals surface area contributed by atoms with Gasteiger partial charge in [0, 0.05) is 37.8 Å². The van der Waals surface area contributed by atoms with Crippen molar-refractivity contribution in [1.29, 1.82) is 0 Å². The van der Waals surface area contributed by atoms with Crippen molar-refractivity contribution >= 4 is 11.7 Å². The summed E-state index contributed by atoms with van der Waals surface area (Å²) in [5.41, 5.74) is -0.813. The highest BCUT2D eigenvalue weighted by molar-refractivity contribution is 6.05. The number of piperidine rings is 1. The van der Waals surface area contributed by atoms with Gasteiger partial charge in [-0.15, -0.1) is 0 Å². The minimum atomic E-state index is -1.25. The van der Waals surface area contributed by atoms with Crippen LogP contribution in [0.4, 0.5) is 19.0 Å². The van der Waals surface area contributed by atoms with Crippen LogP contribution in [0.15, 0.2) is 30.3 Å². The molecule has 1 amide bonds. The third kappa shape index (κ3) is 4.44. The summed E-state index contributed by atoms with van der Waals surface area (Å²) in [6.45, 7) is 3.63. The number of amides is 1. The van der Waals surface area contributed by atoms with Crippen molar-refractivity contribution < 1.29 is 22.7 Å². The zero-order chi connectivity index (χ0) is 20.3. The molecule has 1 aliphatic heterocycles. The molecule has 0 N–H and O–H groups in total. The number of rotatable bonds is 5. The van der Waals surface area contributed by atoms with Gasteiger partial charge in [0.25, 0.3) is 5.91 Å². The lowest BCUT2D eigenvalue weighted by Crippen LogP contribution is -2.36. The molecule has 0 saturated carbocycles. The first kappa shape index (κ1) is 20.1. The van der Waals surface area contributed by atoms with Crippen LogP contribution in [0.25, 0.3) is 0 Å². The molecule has 0 spiro atoms. The molecule has 1 aromatic heterocycles. The summed E-state index contributed by atoms with van der Waals surface area (Å²) < 4.78 is 47.1. The van der Waals surface area contributed by atoms with Crippen LogP contribution in [-0.2, 0) is 0 Å². The maximum absolute atomic E-state index is 14.0. The Morgan fingerprint density at radius 1 is 1.21 bits per heavy atom. The predicted octanol–water partition coefficient (Wildman–Crippen LogP) is 3.64. The van der Waals surface area contributed by atoms with Gasteiger partial charge in [0.1, 0.15) is 34.9 Å². The SMILES string of the molecule is CCN(C(=O)c1c(F)cc(F)cc1F)c1cccc(OC2CCN(C)CC2)n1. The van der Waals surface area contributed by atoms with E-state index in [1.807, 2.05) is 7.05 Å². The minimum absolute atomic E-state index is 0.0247. The number of hydrogen-bond donors (Lipinski definition) is 0. The Morgan fingerprint density at radius 2 is 1.86 bits per heavy atom. The fraction of sp³-hybridized carbons (Fsp3) is 0.400. The van der Waals surface area contributed by atoms with E-state index in [0.29, 0.717) is 18.0 Å². The lowest BCUT2D eigenvalue weighted by atomic mass is 10.1. The van der Waals surface area contributed by atoms with E-state index in [0.717, 1.165) is 30.8 Å². The number of nitrogens with zero attached hydrogens (tertiary/aromatic N) is 3. The maximum atomic E-state index is 14.0. The molecule has 1 fully saturated rings. The van der Waals surface area contributed by atoms with Crippen molar-refractivity contribution in [2.75, 3.05) is 31.6 Å². The van der Waals surface area contributed by atoms with Gasteiger partial charge in [0.15, 0.2) is 0 Å². The third-order valence-corrected chi connectivity index (χ3v) is 4.72. The van der Waals surface area contributed by atoms with Crippen molar-refractivity contribution in [2.24, 2.45) is 0 Å². The largest absolute Gasteiger partial charge is 0.474 e. The number of benzene rings is 1. The molecule has 3 rings (SSSR count). The van der Waals surface area contributed by atoms with Crippen LogP contribution in [0.2, 0.25) is 0 Å². The third-order valence-electron chi connectivity index (χ3n) is 4.72. The van der Waals surface area contributed by atoms with Gasteiger partial charge < -0.3 is 9.64 Å².